The molecule has 1 saturated heterocycles. The maximum absolute atomic E-state index is 9.23. The summed E-state index contributed by atoms with van der Waals surface area (Å²) in [5.74, 6) is 0.413. The van der Waals surface area contributed by atoms with Crippen LogP contribution in [0.3, 0.4) is 0 Å². The van der Waals surface area contributed by atoms with Crippen LogP contribution in [0.4, 0.5) is 0 Å². The van der Waals surface area contributed by atoms with Crippen LogP contribution < -0.4 is 0 Å². The number of hydrogen-bond acceptors (Lipinski definition) is 3. The monoisotopic (exact) mass is 308 g/mol. The average molecular weight is 309 g/mol. The molecule has 0 spiro atoms. The van der Waals surface area contributed by atoms with Crippen LogP contribution in [0.15, 0.2) is 22.7 Å². The standard InChI is InChI=1S/C14H17BrN2O/c15-14-6-11(7-16)3-4-13(14)9-17-5-1-2-12(8-17)10-18/h3-4,6,12,18H,1-2,5,8-10H2. The molecule has 0 radical (unpaired) electrons. The number of nitriles is 1. The Morgan fingerprint density at radius 1 is 1.50 bits per heavy atom. The van der Waals surface area contributed by atoms with Crippen LogP contribution >= 0.6 is 15.9 Å². The van der Waals surface area contributed by atoms with Gasteiger partial charge in [0, 0.05) is 24.2 Å². The van der Waals surface area contributed by atoms with E-state index in [0.29, 0.717) is 11.5 Å². The normalized spacial score (nSPS) is 20.6. The van der Waals surface area contributed by atoms with Gasteiger partial charge in [-0.2, -0.15) is 5.26 Å². The molecule has 96 valence electrons. The van der Waals surface area contributed by atoms with E-state index in [9.17, 15) is 5.11 Å². The number of benzene rings is 1. The molecule has 1 aromatic carbocycles. The van der Waals surface area contributed by atoms with Crippen LogP contribution in [0.1, 0.15) is 24.0 Å². The number of aliphatic hydroxyl groups is 1. The third kappa shape index (κ3) is 3.32. The third-order valence-corrected chi connectivity index (χ3v) is 4.18. The van der Waals surface area contributed by atoms with Crippen molar-refractivity contribution < 1.29 is 5.11 Å². The Balaban J connectivity index is 2.03. The molecule has 1 unspecified atom stereocenters. The van der Waals surface area contributed by atoms with Crippen molar-refractivity contribution in [2.45, 2.75) is 19.4 Å². The van der Waals surface area contributed by atoms with Crippen molar-refractivity contribution in [3.05, 3.63) is 33.8 Å². The lowest BCUT2D eigenvalue weighted by Crippen LogP contribution is -2.36. The number of piperidine rings is 1. The lowest BCUT2D eigenvalue weighted by Gasteiger charge is -2.32. The fraction of sp³-hybridized carbons (Fsp3) is 0.500. The summed E-state index contributed by atoms with van der Waals surface area (Å²) in [7, 11) is 0. The van der Waals surface area contributed by atoms with Gasteiger partial charge in [0.05, 0.1) is 11.6 Å². The number of hydrogen-bond donors (Lipinski definition) is 1. The minimum atomic E-state index is 0.283. The summed E-state index contributed by atoms with van der Waals surface area (Å²) in [5.41, 5.74) is 1.88. The van der Waals surface area contributed by atoms with Crippen molar-refractivity contribution in [1.29, 1.82) is 5.26 Å². The van der Waals surface area contributed by atoms with E-state index in [4.69, 9.17) is 5.26 Å². The van der Waals surface area contributed by atoms with Crippen molar-refractivity contribution in [2.24, 2.45) is 5.92 Å². The minimum Gasteiger partial charge on any atom is -0.396 e. The molecule has 0 amide bonds. The lowest BCUT2D eigenvalue weighted by atomic mass is 9.98. The maximum Gasteiger partial charge on any atom is 0.0992 e. The molecule has 1 atom stereocenters. The predicted octanol–water partition coefficient (Wildman–Crippen LogP) is 2.53. The first-order chi connectivity index (χ1) is 8.72. The molecule has 1 fully saturated rings. The van der Waals surface area contributed by atoms with E-state index in [1.807, 2.05) is 18.2 Å². The van der Waals surface area contributed by atoms with Gasteiger partial charge < -0.3 is 5.11 Å². The lowest BCUT2D eigenvalue weighted by molar-refractivity contribution is 0.115. The van der Waals surface area contributed by atoms with Gasteiger partial charge in [0.2, 0.25) is 0 Å². The van der Waals surface area contributed by atoms with Gasteiger partial charge in [-0.15, -0.1) is 0 Å². The van der Waals surface area contributed by atoms with E-state index >= 15 is 0 Å². The number of halogens is 1. The summed E-state index contributed by atoms with van der Waals surface area (Å²) in [4.78, 5) is 2.37. The molecule has 0 aliphatic carbocycles. The van der Waals surface area contributed by atoms with Crippen LogP contribution in [-0.4, -0.2) is 29.7 Å². The van der Waals surface area contributed by atoms with Crippen LogP contribution in [0.25, 0.3) is 0 Å². The zero-order valence-corrected chi connectivity index (χ0v) is 11.9. The smallest absolute Gasteiger partial charge is 0.0992 e. The number of aliphatic hydroxyl groups excluding tert-OH is 1. The van der Waals surface area contributed by atoms with Crippen molar-refractivity contribution in [2.75, 3.05) is 19.7 Å². The maximum atomic E-state index is 9.23. The van der Waals surface area contributed by atoms with E-state index in [0.717, 1.165) is 36.9 Å². The fourth-order valence-electron chi connectivity index (χ4n) is 2.43. The van der Waals surface area contributed by atoms with Crippen LogP contribution in [0, 0.1) is 17.2 Å². The largest absolute Gasteiger partial charge is 0.396 e. The molecule has 1 aliphatic rings. The molecule has 0 saturated carbocycles. The molecule has 1 heterocycles. The van der Waals surface area contributed by atoms with Gasteiger partial charge in [-0.25, -0.2) is 0 Å². The summed E-state index contributed by atoms with van der Waals surface area (Å²) in [6.45, 7) is 3.21. The highest BCUT2D eigenvalue weighted by molar-refractivity contribution is 9.10. The Hall–Kier alpha value is -0.890. The zero-order chi connectivity index (χ0) is 13.0. The average Bonchev–Trinajstić information content (AvgIpc) is 2.41. The highest BCUT2D eigenvalue weighted by Crippen LogP contribution is 2.23. The third-order valence-electron chi connectivity index (χ3n) is 3.44. The molecule has 1 aliphatic heterocycles. The quantitative estimate of drug-likeness (QED) is 0.933. The molecule has 1 N–H and O–H groups in total. The first-order valence-corrected chi connectivity index (χ1v) is 7.04. The SMILES string of the molecule is N#Cc1ccc(CN2CCCC(CO)C2)c(Br)c1. The summed E-state index contributed by atoms with van der Waals surface area (Å²) < 4.78 is 0.993. The second-order valence-corrected chi connectivity index (χ2v) is 5.70. The molecule has 1 aromatic rings. The predicted molar refractivity (Wildman–Crippen MR) is 73.9 cm³/mol. The van der Waals surface area contributed by atoms with E-state index in [2.05, 4.69) is 26.9 Å². The van der Waals surface area contributed by atoms with Crippen molar-refractivity contribution in [3.63, 3.8) is 0 Å². The summed E-state index contributed by atoms with van der Waals surface area (Å²) >= 11 is 3.52. The van der Waals surface area contributed by atoms with Crippen molar-refractivity contribution >= 4 is 15.9 Å². The highest BCUT2D eigenvalue weighted by Gasteiger charge is 2.19. The first kappa shape index (κ1) is 13.5. The Bertz CT molecular complexity index is 456. The first-order valence-electron chi connectivity index (χ1n) is 6.24. The summed E-state index contributed by atoms with van der Waals surface area (Å²) in [6.07, 6.45) is 2.28. The molecule has 4 heteroatoms. The second-order valence-electron chi connectivity index (χ2n) is 4.84. The molecule has 0 bridgehead atoms. The van der Waals surface area contributed by atoms with Gasteiger partial charge in [-0.1, -0.05) is 22.0 Å². The fourth-order valence-corrected chi connectivity index (χ4v) is 2.93. The van der Waals surface area contributed by atoms with E-state index in [-0.39, 0.29) is 6.61 Å². The van der Waals surface area contributed by atoms with Crippen LogP contribution in [-0.2, 0) is 6.54 Å². The van der Waals surface area contributed by atoms with E-state index < -0.39 is 0 Å². The van der Waals surface area contributed by atoms with Gasteiger partial charge in [-0.3, -0.25) is 4.90 Å². The molecule has 0 aromatic heterocycles. The Kier molecular flexibility index (Phi) is 4.76. The molecule has 18 heavy (non-hydrogen) atoms. The van der Waals surface area contributed by atoms with Gasteiger partial charge >= 0.3 is 0 Å². The number of likely N-dealkylation sites (tertiary alicyclic amines) is 1. The summed E-state index contributed by atoms with van der Waals surface area (Å²) in [6, 6.07) is 7.86. The van der Waals surface area contributed by atoms with Crippen molar-refractivity contribution in [3.8, 4) is 6.07 Å². The van der Waals surface area contributed by atoms with Gasteiger partial charge in [-0.05, 0) is 43.0 Å². The molecular weight excluding hydrogens is 292 g/mol. The Labute approximate surface area is 116 Å². The number of nitrogens with zero attached hydrogens (tertiary/aromatic N) is 2. The van der Waals surface area contributed by atoms with Crippen LogP contribution in [0.5, 0.6) is 0 Å². The molecule has 3 nitrogen and oxygen atoms in total. The van der Waals surface area contributed by atoms with Gasteiger partial charge in [0.1, 0.15) is 0 Å². The highest BCUT2D eigenvalue weighted by atomic mass is 79.9. The number of rotatable bonds is 3. The molecular formula is C14H17BrN2O. The zero-order valence-electron chi connectivity index (χ0n) is 10.3. The Morgan fingerprint density at radius 2 is 2.33 bits per heavy atom. The van der Waals surface area contributed by atoms with Gasteiger partial charge in [0.25, 0.3) is 0 Å². The Morgan fingerprint density at radius 3 is 3.00 bits per heavy atom. The van der Waals surface area contributed by atoms with E-state index in [1.54, 1.807) is 0 Å². The van der Waals surface area contributed by atoms with Gasteiger partial charge in [0.15, 0.2) is 0 Å². The summed E-state index contributed by atoms with van der Waals surface area (Å²) in [5, 5.41) is 18.1. The van der Waals surface area contributed by atoms with Crippen LogP contribution in [0.2, 0.25) is 0 Å². The second kappa shape index (κ2) is 6.33. The molecule has 2 rings (SSSR count). The van der Waals surface area contributed by atoms with Crippen molar-refractivity contribution in [1.82, 2.24) is 4.90 Å². The minimum absolute atomic E-state index is 0.283. The van der Waals surface area contributed by atoms with E-state index in [1.165, 1.54) is 5.56 Å². The topological polar surface area (TPSA) is 47.3 Å².